The molecule has 1 fully saturated rings. The first kappa shape index (κ1) is 15.9. The molecule has 0 radical (unpaired) electrons. The van der Waals surface area contributed by atoms with E-state index in [0.717, 1.165) is 32.6 Å². The molecule has 1 atom stereocenters. The SMILES string of the molecule is CC(C)Cc1nc(CC2CCOC2)sc1CNC(C)C. The molecule has 0 bridgehead atoms. The Balaban J connectivity index is 2.04. The number of nitrogens with one attached hydrogen (secondary N) is 1. The van der Waals surface area contributed by atoms with Crippen LogP contribution in [0.2, 0.25) is 0 Å². The molecule has 0 amide bonds. The van der Waals surface area contributed by atoms with E-state index in [4.69, 9.17) is 9.72 Å². The predicted molar refractivity (Wildman–Crippen MR) is 85.3 cm³/mol. The largest absolute Gasteiger partial charge is 0.381 e. The highest BCUT2D eigenvalue weighted by Crippen LogP contribution is 2.26. The number of hydrogen-bond acceptors (Lipinski definition) is 4. The van der Waals surface area contributed by atoms with Gasteiger partial charge < -0.3 is 10.1 Å². The smallest absolute Gasteiger partial charge is 0.0935 e. The minimum Gasteiger partial charge on any atom is -0.381 e. The van der Waals surface area contributed by atoms with Gasteiger partial charge in [0.2, 0.25) is 0 Å². The van der Waals surface area contributed by atoms with Crippen molar-refractivity contribution in [3.05, 3.63) is 15.6 Å². The molecule has 1 N–H and O–H groups in total. The third-order valence-corrected chi connectivity index (χ3v) is 4.70. The van der Waals surface area contributed by atoms with Crippen LogP contribution in [0.4, 0.5) is 0 Å². The number of thiazole rings is 1. The fourth-order valence-corrected chi connectivity index (χ4v) is 3.66. The maximum absolute atomic E-state index is 5.47. The van der Waals surface area contributed by atoms with Gasteiger partial charge in [0.05, 0.1) is 10.7 Å². The van der Waals surface area contributed by atoms with Gasteiger partial charge in [0.25, 0.3) is 0 Å². The zero-order chi connectivity index (χ0) is 14.5. The van der Waals surface area contributed by atoms with E-state index in [-0.39, 0.29) is 0 Å². The Kier molecular flexibility index (Phi) is 6.00. The maximum Gasteiger partial charge on any atom is 0.0935 e. The topological polar surface area (TPSA) is 34.1 Å². The van der Waals surface area contributed by atoms with Gasteiger partial charge in [-0.25, -0.2) is 4.98 Å². The maximum atomic E-state index is 5.47. The molecule has 1 unspecified atom stereocenters. The van der Waals surface area contributed by atoms with Crippen molar-refractivity contribution in [3.63, 3.8) is 0 Å². The van der Waals surface area contributed by atoms with Crippen molar-refractivity contribution in [2.45, 2.75) is 59.5 Å². The van der Waals surface area contributed by atoms with Gasteiger partial charge in [-0.2, -0.15) is 0 Å². The lowest BCUT2D eigenvalue weighted by Gasteiger charge is -2.08. The van der Waals surface area contributed by atoms with E-state index < -0.39 is 0 Å². The molecular weight excluding hydrogens is 268 g/mol. The van der Waals surface area contributed by atoms with Crippen molar-refractivity contribution in [1.29, 1.82) is 0 Å². The van der Waals surface area contributed by atoms with E-state index in [1.807, 2.05) is 11.3 Å². The lowest BCUT2D eigenvalue weighted by Crippen LogP contribution is -2.22. The molecule has 2 heterocycles. The van der Waals surface area contributed by atoms with E-state index in [0.29, 0.717) is 17.9 Å². The first-order valence-corrected chi connectivity index (χ1v) is 8.64. The number of hydrogen-bond donors (Lipinski definition) is 1. The third-order valence-electron chi connectivity index (χ3n) is 3.58. The predicted octanol–water partition coefficient (Wildman–Crippen LogP) is 3.42. The van der Waals surface area contributed by atoms with Crippen molar-refractivity contribution in [2.75, 3.05) is 13.2 Å². The van der Waals surface area contributed by atoms with E-state index in [1.165, 1.54) is 22.0 Å². The summed E-state index contributed by atoms with van der Waals surface area (Å²) in [7, 11) is 0. The summed E-state index contributed by atoms with van der Waals surface area (Å²) in [4.78, 5) is 6.35. The van der Waals surface area contributed by atoms with Crippen LogP contribution >= 0.6 is 11.3 Å². The first-order valence-electron chi connectivity index (χ1n) is 7.83. The lowest BCUT2D eigenvalue weighted by molar-refractivity contribution is 0.186. The molecule has 1 aliphatic heterocycles. The van der Waals surface area contributed by atoms with E-state index >= 15 is 0 Å². The molecule has 4 heteroatoms. The van der Waals surface area contributed by atoms with Gasteiger partial charge in [-0.05, 0) is 24.7 Å². The summed E-state index contributed by atoms with van der Waals surface area (Å²) in [5.74, 6) is 1.34. The zero-order valence-corrected chi connectivity index (χ0v) is 14.1. The van der Waals surface area contributed by atoms with Crippen molar-refractivity contribution in [3.8, 4) is 0 Å². The van der Waals surface area contributed by atoms with Gasteiger partial charge in [0, 0.05) is 37.1 Å². The Labute approximate surface area is 127 Å². The third kappa shape index (κ3) is 4.83. The van der Waals surface area contributed by atoms with E-state index in [2.05, 4.69) is 33.0 Å². The molecule has 0 saturated carbocycles. The summed E-state index contributed by atoms with van der Waals surface area (Å²) >= 11 is 1.90. The van der Waals surface area contributed by atoms with Crippen LogP contribution < -0.4 is 5.32 Å². The standard InChI is InChI=1S/C16H28N2OS/c1-11(2)7-14-15(9-17-12(3)4)20-16(18-14)8-13-5-6-19-10-13/h11-13,17H,5-10H2,1-4H3. The van der Waals surface area contributed by atoms with Crippen LogP contribution in [0.25, 0.3) is 0 Å². The van der Waals surface area contributed by atoms with Gasteiger partial charge in [-0.15, -0.1) is 11.3 Å². The van der Waals surface area contributed by atoms with Crippen LogP contribution in [-0.2, 0) is 24.1 Å². The number of ether oxygens (including phenoxy) is 1. The van der Waals surface area contributed by atoms with Crippen LogP contribution in [0.1, 0.15) is 49.7 Å². The summed E-state index contributed by atoms with van der Waals surface area (Å²) in [5, 5.41) is 4.83. The molecule has 1 aromatic rings. The highest BCUT2D eigenvalue weighted by molar-refractivity contribution is 7.11. The van der Waals surface area contributed by atoms with Crippen LogP contribution in [0.15, 0.2) is 0 Å². The molecule has 0 spiro atoms. The average Bonchev–Trinajstić information content (AvgIpc) is 2.97. The molecule has 1 saturated heterocycles. The van der Waals surface area contributed by atoms with Crippen molar-refractivity contribution in [2.24, 2.45) is 11.8 Å². The minimum atomic E-state index is 0.524. The quantitative estimate of drug-likeness (QED) is 0.837. The summed E-state index contributed by atoms with van der Waals surface area (Å²) < 4.78 is 5.47. The Morgan fingerprint density at radius 2 is 2.15 bits per heavy atom. The van der Waals surface area contributed by atoms with Crippen LogP contribution in [0.5, 0.6) is 0 Å². The van der Waals surface area contributed by atoms with Crippen molar-refractivity contribution < 1.29 is 4.74 Å². The minimum absolute atomic E-state index is 0.524. The number of nitrogens with zero attached hydrogens (tertiary/aromatic N) is 1. The molecule has 0 aliphatic carbocycles. The second-order valence-electron chi connectivity index (χ2n) is 6.54. The van der Waals surface area contributed by atoms with Crippen molar-refractivity contribution in [1.82, 2.24) is 10.3 Å². The van der Waals surface area contributed by atoms with E-state index in [9.17, 15) is 0 Å². The summed E-state index contributed by atoms with van der Waals surface area (Å²) in [6.07, 6.45) is 3.38. The van der Waals surface area contributed by atoms with Crippen molar-refractivity contribution >= 4 is 11.3 Å². The zero-order valence-electron chi connectivity index (χ0n) is 13.2. The molecule has 3 nitrogen and oxygen atoms in total. The molecule has 20 heavy (non-hydrogen) atoms. The number of rotatable bonds is 7. The first-order chi connectivity index (χ1) is 9.54. The normalized spacial score (nSPS) is 19.4. The molecular formula is C16H28N2OS. The van der Waals surface area contributed by atoms with E-state index in [1.54, 1.807) is 0 Å². The fraction of sp³-hybridized carbons (Fsp3) is 0.812. The highest BCUT2D eigenvalue weighted by atomic mass is 32.1. The molecule has 1 aromatic heterocycles. The highest BCUT2D eigenvalue weighted by Gasteiger charge is 2.20. The van der Waals surface area contributed by atoms with Gasteiger partial charge in [0.15, 0.2) is 0 Å². The Morgan fingerprint density at radius 1 is 1.35 bits per heavy atom. The molecule has 1 aliphatic rings. The monoisotopic (exact) mass is 296 g/mol. The summed E-state index contributed by atoms with van der Waals surface area (Å²) in [5.41, 5.74) is 1.31. The average molecular weight is 296 g/mol. The lowest BCUT2D eigenvalue weighted by atomic mass is 10.1. The Morgan fingerprint density at radius 3 is 2.75 bits per heavy atom. The van der Waals surface area contributed by atoms with Gasteiger partial charge in [-0.3, -0.25) is 0 Å². The second kappa shape index (κ2) is 7.53. The molecule has 0 aromatic carbocycles. The second-order valence-corrected chi connectivity index (χ2v) is 7.71. The van der Waals surface area contributed by atoms with Gasteiger partial charge in [-0.1, -0.05) is 27.7 Å². The number of aromatic nitrogens is 1. The fourth-order valence-electron chi connectivity index (χ4n) is 2.50. The molecule has 114 valence electrons. The Hall–Kier alpha value is -0.450. The Bertz CT molecular complexity index is 409. The summed E-state index contributed by atoms with van der Waals surface area (Å²) in [6.45, 7) is 11.7. The molecule has 2 rings (SSSR count). The van der Waals surface area contributed by atoms with Gasteiger partial charge in [0.1, 0.15) is 0 Å². The van der Waals surface area contributed by atoms with Crippen LogP contribution in [0, 0.1) is 11.8 Å². The van der Waals surface area contributed by atoms with Crippen LogP contribution in [-0.4, -0.2) is 24.2 Å². The van der Waals surface area contributed by atoms with Gasteiger partial charge >= 0.3 is 0 Å². The van der Waals surface area contributed by atoms with Crippen LogP contribution in [0.3, 0.4) is 0 Å². The summed E-state index contributed by atoms with van der Waals surface area (Å²) in [6, 6.07) is 0.524.